The number of hydrogen-bond donors (Lipinski definition) is 1. The molecule has 5 atom stereocenters. The van der Waals surface area contributed by atoms with Crippen molar-refractivity contribution in [3.8, 4) is 22.8 Å². The normalized spacial score (nSPS) is 26.5. The average molecular weight is 739 g/mol. The van der Waals surface area contributed by atoms with E-state index in [1.165, 1.54) is 0 Å². The van der Waals surface area contributed by atoms with Crippen molar-refractivity contribution in [1.82, 2.24) is 20.1 Å². The second-order valence-corrected chi connectivity index (χ2v) is 15.5. The molecule has 0 spiro atoms. The number of methoxy groups -OCH3 is 1. The van der Waals surface area contributed by atoms with E-state index in [9.17, 15) is 19.2 Å². The lowest BCUT2D eigenvalue weighted by Crippen LogP contribution is -2.54. The van der Waals surface area contributed by atoms with Crippen LogP contribution < -0.4 is 14.8 Å². The fourth-order valence-electron chi connectivity index (χ4n) is 8.75. The molecule has 2 aromatic carbocycles. The summed E-state index contributed by atoms with van der Waals surface area (Å²) in [6, 6.07) is 16.5. The molecule has 54 heavy (non-hydrogen) atoms. The fourth-order valence-corrected chi connectivity index (χ4v) is 8.75. The standard InChI is InChI=1S/C43H54N4O7/c1-3-53-42(51)43-27-31(43)18-12-6-4-5-9-17-30(23-39(48)46-21-13-8-14-22-46)41(50)47-28-33(25-37(47)40(49)45-43)54-38-26-35(29-15-10-7-11-16-29)44-36-24-32(52-2)19-20-34(36)38/h7,10-11,15-16,19-20,24,26,30-31,33,37H,3-6,8-9,12-14,17-18,21-23,25,27-28H2,1-2H3,(H,45,49)/t30-,31?,33+,37-,43?/m0/s1. The zero-order valence-corrected chi connectivity index (χ0v) is 31.7. The van der Waals surface area contributed by atoms with E-state index in [4.69, 9.17) is 19.2 Å². The molecular weight excluding hydrogens is 684 g/mol. The third-order valence-corrected chi connectivity index (χ3v) is 11.9. The van der Waals surface area contributed by atoms with Crippen LogP contribution in [0.1, 0.15) is 90.4 Å². The minimum absolute atomic E-state index is 0.00488. The van der Waals surface area contributed by atoms with E-state index in [2.05, 4.69) is 5.32 Å². The Morgan fingerprint density at radius 2 is 1.67 bits per heavy atom. The minimum Gasteiger partial charge on any atom is -0.497 e. The van der Waals surface area contributed by atoms with Gasteiger partial charge in [0, 0.05) is 54.9 Å². The summed E-state index contributed by atoms with van der Waals surface area (Å²) in [7, 11) is 1.62. The maximum atomic E-state index is 14.8. The van der Waals surface area contributed by atoms with Crippen molar-refractivity contribution in [3.05, 3.63) is 54.6 Å². The van der Waals surface area contributed by atoms with E-state index >= 15 is 0 Å². The van der Waals surface area contributed by atoms with Crippen LogP contribution in [-0.2, 0) is 23.9 Å². The highest BCUT2D eigenvalue weighted by atomic mass is 16.5. The van der Waals surface area contributed by atoms with E-state index in [1.807, 2.05) is 59.5 Å². The predicted molar refractivity (Wildman–Crippen MR) is 205 cm³/mol. The molecule has 3 saturated heterocycles. The quantitative estimate of drug-likeness (QED) is 0.261. The summed E-state index contributed by atoms with van der Waals surface area (Å²) >= 11 is 0. The van der Waals surface area contributed by atoms with Gasteiger partial charge in [-0.2, -0.15) is 0 Å². The number of rotatable bonds is 8. The molecule has 11 heteroatoms. The smallest absolute Gasteiger partial charge is 0.332 e. The molecule has 11 nitrogen and oxygen atoms in total. The van der Waals surface area contributed by atoms with Crippen LogP contribution in [0.5, 0.6) is 11.5 Å². The number of fused-ring (bicyclic) bond motifs is 3. The van der Waals surface area contributed by atoms with E-state index in [0.29, 0.717) is 29.9 Å². The fraction of sp³-hybridized carbons (Fsp3) is 0.558. The Kier molecular flexibility index (Phi) is 11.7. The summed E-state index contributed by atoms with van der Waals surface area (Å²) in [5, 5.41) is 3.90. The summed E-state index contributed by atoms with van der Waals surface area (Å²) in [6.07, 6.45) is 9.62. The van der Waals surface area contributed by atoms with Gasteiger partial charge in [-0.1, -0.05) is 62.4 Å². The lowest BCUT2D eigenvalue weighted by Gasteiger charge is -2.31. The Hall–Kier alpha value is -4.67. The van der Waals surface area contributed by atoms with E-state index < -0.39 is 29.6 Å². The lowest BCUT2D eigenvalue weighted by atomic mass is 9.94. The number of likely N-dealkylation sites (tertiary alicyclic amines) is 1. The molecule has 4 fully saturated rings. The maximum Gasteiger partial charge on any atom is 0.332 e. The first-order valence-corrected chi connectivity index (χ1v) is 20.1. The number of nitrogens with one attached hydrogen (secondary N) is 1. The third kappa shape index (κ3) is 8.20. The first kappa shape index (κ1) is 37.6. The van der Waals surface area contributed by atoms with E-state index in [-0.39, 0.29) is 49.6 Å². The van der Waals surface area contributed by atoms with Gasteiger partial charge in [-0.15, -0.1) is 0 Å². The molecule has 3 aromatic rings. The van der Waals surface area contributed by atoms with Crippen LogP contribution >= 0.6 is 0 Å². The van der Waals surface area contributed by atoms with Gasteiger partial charge in [-0.3, -0.25) is 14.4 Å². The summed E-state index contributed by atoms with van der Waals surface area (Å²) in [6.45, 7) is 3.60. The van der Waals surface area contributed by atoms with Crippen molar-refractivity contribution >= 4 is 34.6 Å². The highest BCUT2D eigenvalue weighted by Crippen LogP contribution is 2.48. The molecule has 4 aliphatic rings. The van der Waals surface area contributed by atoms with Crippen LogP contribution in [0.15, 0.2) is 54.6 Å². The van der Waals surface area contributed by atoms with Crippen molar-refractivity contribution in [2.24, 2.45) is 11.8 Å². The van der Waals surface area contributed by atoms with Gasteiger partial charge in [0.2, 0.25) is 17.7 Å². The molecule has 4 heterocycles. The summed E-state index contributed by atoms with van der Waals surface area (Å²) < 4.78 is 17.8. The van der Waals surface area contributed by atoms with E-state index in [1.54, 1.807) is 18.9 Å². The van der Waals surface area contributed by atoms with Crippen molar-refractivity contribution in [3.63, 3.8) is 0 Å². The van der Waals surface area contributed by atoms with Crippen LogP contribution in [0, 0.1) is 11.8 Å². The summed E-state index contributed by atoms with van der Waals surface area (Å²) in [4.78, 5) is 64.7. The van der Waals surface area contributed by atoms with Gasteiger partial charge >= 0.3 is 5.97 Å². The second kappa shape index (κ2) is 16.8. The Morgan fingerprint density at radius 1 is 0.926 bits per heavy atom. The zero-order valence-electron chi connectivity index (χ0n) is 31.7. The van der Waals surface area contributed by atoms with Crippen molar-refractivity contribution in [1.29, 1.82) is 0 Å². The van der Waals surface area contributed by atoms with Crippen molar-refractivity contribution < 1.29 is 33.4 Å². The molecule has 3 aliphatic heterocycles. The molecule has 1 N–H and O–H groups in total. The highest BCUT2D eigenvalue weighted by molar-refractivity contribution is 5.96. The molecule has 1 saturated carbocycles. The number of hydrogen-bond acceptors (Lipinski definition) is 8. The molecule has 288 valence electrons. The number of aromatic nitrogens is 1. The van der Waals surface area contributed by atoms with Crippen LogP contribution in [0.4, 0.5) is 0 Å². The molecule has 0 bridgehead atoms. The number of amides is 3. The first-order chi connectivity index (χ1) is 26.3. The second-order valence-electron chi connectivity index (χ2n) is 15.5. The Balaban J connectivity index is 1.21. The molecule has 0 radical (unpaired) electrons. The van der Waals surface area contributed by atoms with Gasteiger partial charge in [-0.05, 0) is 63.5 Å². The van der Waals surface area contributed by atoms with Crippen LogP contribution in [0.3, 0.4) is 0 Å². The largest absolute Gasteiger partial charge is 0.497 e. The predicted octanol–water partition coefficient (Wildman–Crippen LogP) is 6.46. The van der Waals surface area contributed by atoms with Crippen LogP contribution in [0.2, 0.25) is 0 Å². The number of esters is 1. The van der Waals surface area contributed by atoms with Gasteiger partial charge in [0.25, 0.3) is 0 Å². The zero-order chi connectivity index (χ0) is 37.7. The highest BCUT2D eigenvalue weighted by Gasteiger charge is 2.62. The molecule has 7 rings (SSSR count). The van der Waals surface area contributed by atoms with Crippen molar-refractivity contribution in [2.75, 3.05) is 33.4 Å². The topological polar surface area (TPSA) is 127 Å². The molecule has 2 unspecified atom stereocenters. The average Bonchev–Trinajstić information content (AvgIpc) is 3.73. The monoisotopic (exact) mass is 738 g/mol. The third-order valence-electron chi connectivity index (χ3n) is 11.9. The Bertz CT molecular complexity index is 1830. The number of carbonyl (C=O) groups excluding carboxylic acids is 4. The Morgan fingerprint density at radius 3 is 2.43 bits per heavy atom. The van der Waals surface area contributed by atoms with Crippen LogP contribution in [-0.4, -0.2) is 89.5 Å². The summed E-state index contributed by atoms with van der Waals surface area (Å²) in [5.74, 6) is -0.284. The van der Waals surface area contributed by atoms with Gasteiger partial charge in [0.05, 0.1) is 31.5 Å². The summed E-state index contributed by atoms with van der Waals surface area (Å²) in [5.41, 5.74) is 1.25. The number of benzene rings is 2. The Labute approximate surface area is 318 Å². The van der Waals surface area contributed by atoms with Gasteiger partial charge in [0.1, 0.15) is 29.2 Å². The van der Waals surface area contributed by atoms with Gasteiger partial charge in [-0.25, -0.2) is 9.78 Å². The van der Waals surface area contributed by atoms with Gasteiger partial charge < -0.3 is 29.3 Å². The minimum atomic E-state index is -1.09. The number of nitrogens with zero attached hydrogens (tertiary/aromatic N) is 3. The van der Waals surface area contributed by atoms with Crippen LogP contribution in [0.25, 0.3) is 22.2 Å². The number of ether oxygens (including phenoxy) is 3. The maximum absolute atomic E-state index is 14.8. The number of pyridine rings is 1. The molecule has 1 aliphatic carbocycles. The van der Waals surface area contributed by atoms with Crippen molar-refractivity contribution in [2.45, 2.75) is 108 Å². The number of carbonyl (C=O) groups is 4. The lowest BCUT2D eigenvalue weighted by molar-refractivity contribution is -0.151. The van der Waals surface area contributed by atoms with E-state index in [0.717, 1.165) is 87.5 Å². The molecule has 1 aromatic heterocycles. The van der Waals surface area contributed by atoms with Gasteiger partial charge in [0.15, 0.2) is 0 Å². The molecule has 3 amide bonds. The number of piperidine rings is 1. The molecular formula is C43H54N4O7. The SMILES string of the molecule is CCOC(=O)C12CC1CCCCCCC[C@@H](CC(=O)N1CCCCC1)C(=O)N1C[C@H](Oc3cc(-c4ccccc4)nc4cc(OC)ccc34)C[C@H]1C(=O)N2. The first-order valence-electron chi connectivity index (χ1n) is 20.1.